The van der Waals surface area contributed by atoms with Crippen LogP contribution in [-0.2, 0) is 0 Å². The van der Waals surface area contributed by atoms with E-state index in [2.05, 4.69) is 15.9 Å². The Morgan fingerprint density at radius 1 is 1.57 bits per heavy atom. The molecule has 0 spiro atoms. The second-order valence-electron chi connectivity index (χ2n) is 2.73. The number of benzene rings is 1. The molecule has 14 heavy (non-hydrogen) atoms. The van der Waals surface area contributed by atoms with E-state index in [1.54, 1.807) is 18.2 Å². The molecule has 0 atom stereocenters. The predicted molar refractivity (Wildman–Crippen MR) is 60.7 cm³/mol. The van der Waals surface area contributed by atoms with Gasteiger partial charge in [0, 0.05) is 10.4 Å². The van der Waals surface area contributed by atoms with Crippen molar-refractivity contribution in [3.05, 3.63) is 28.8 Å². The average molecular weight is 278 g/mol. The lowest BCUT2D eigenvalue weighted by Gasteiger charge is -2.08. The predicted octanol–water partition coefficient (Wildman–Crippen LogP) is 3.32. The van der Waals surface area contributed by atoms with Gasteiger partial charge < -0.3 is 4.74 Å². The highest BCUT2D eigenvalue weighted by Crippen LogP contribution is 2.23. The molecule has 0 aromatic heterocycles. The Labute approximate surface area is 96.3 Å². The van der Waals surface area contributed by atoms with E-state index in [9.17, 15) is 4.79 Å². The van der Waals surface area contributed by atoms with Gasteiger partial charge in [-0.3, -0.25) is 4.79 Å². The summed E-state index contributed by atoms with van der Waals surface area (Å²) in [7, 11) is 0. The number of halogens is 2. The van der Waals surface area contributed by atoms with Crippen molar-refractivity contribution < 1.29 is 9.53 Å². The summed E-state index contributed by atoms with van der Waals surface area (Å²) >= 11 is 9.02. The second-order valence-corrected chi connectivity index (χ2v) is 3.96. The molecule has 1 rings (SSSR count). The van der Waals surface area contributed by atoms with Crippen LogP contribution in [0.15, 0.2) is 18.2 Å². The summed E-state index contributed by atoms with van der Waals surface area (Å²) in [6.07, 6.45) is 0. The van der Waals surface area contributed by atoms with Gasteiger partial charge in [0.25, 0.3) is 0 Å². The number of Topliss-reactive ketones (excluding diaryl/α,β-unsaturated/α-hetero) is 1. The van der Waals surface area contributed by atoms with Crippen molar-refractivity contribution in [1.29, 1.82) is 0 Å². The molecule has 0 heterocycles. The third-order valence-electron chi connectivity index (χ3n) is 1.66. The van der Waals surface area contributed by atoms with Gasteiger partial charge in [0.15, 0.2) is 5.78 Å². The topological polar surface area (TPSA) is 26.3 Å². The van der Waals surface area contributed by atoms with E-state index in [-0.39, 0.29) is 5.78 Å². The molecule has 0 bridgehead atoms. The maximum atomic E-state index is 11.2. The summed E-state index contributed by atoms with van der Waals surface area (Å²) in [5.41, 5.74) is 0.526. The van der Waals surface area contributed by atoms with E-state index in [1.807, 2.05) is 0 Å². The number of rotatable bonds is 4. The van der Waals surface area contributed by atoms with Crippen LogP contribution in [0.4, 0.5) is 0 Å². The van der Waals surface area contributed by atoms with Crippen molar-refractivity contribution in [3.8, 4) is 5.75 Å². The van der Waals surface area contributed by atoms with Crippen molar-refractivity contribution in [3.63, 3.8) is 0 Å². The molecule has 2 nitrogen and oxygen atoms in total. The number of ketones is 1. The highest BCUT2D eigenvalue weighted by molar-refractivity contribution is 9.09. The van der Waals surface area contributed by atoms with Gasteiger partial charge in [0.05, 0.1) is 12.2 Å². The summed E-state index contributed by atoms with van der Waals surface area (Å²) in [6.45, 7) is 2.02. The normalized spacial score (nSPS) is 9.93. The molecular formula is C10H10BrClO2. The number of ether oxygens (including phenoxy) is 1. The molecule has 0 amide bonds. The molecule has 1 aromatic rings. The molecule has 0 saturated carbocycles. The monoisotopic (exact) mass is 276 g/mol. The lowest BCUT2D eigenvalue weighted by atomic mass is 10.1. The Morgan fingerprint density at radius 3 is 2.86 bits per heavy atom. The molecule has 76 valence electrons. The van der Waals surface area contributed by atoms with Gasteiger partial charge in [-0.2, -0.15) is 0 Å². The second kappa shape index (κ2) is 5.37. The number of hydrogen-bond acceptors (Lipinski definition) is 2. The van der Waals surface area contributed by atoms with Crippen molar-refractivity contribution in [2.45, 2.75) is 6.92 Å². The first-order valence-corrected chi connectivity index (χ1v) is 5.64. The minimum atomic E-state index is -0.0444. The van der Waals surface area contributed by atoms with Crippen LogP contribution in [0, 0.1) is 0 Å². The number of alkyl halides is 1. The first-order chi connectivity index (χ1) is 6.65. The molecule has 0 aliphatic rings. The Bertz CT molecular complexity index is 339. The fourth-order valence-corrected chi connectivity index (χ4v) is 1.39. The van der Waals surface area contributed by atoms with Gasteiger partial charge in [0.1, 0.15) is 5.75 Å². The smallest absolute Gasteiger partial charge is 0.163 e. The number of hydrogen-bond donors (Lipinski definition) is 0. The largest absolute Gasteiger partial charge is 0.492 e. The molecule has 0 N–H and O–H groups in total. The van der Waals surface area contributed by atoms with Gasteiger partial charge in [-0.1, -0.05) is 27.5 Å². The molecule has 0 unspecified atom stereocenters. The molecule has 0 radical (unpaired) electrons. The first kappa shape index (κ1) is 11.5. The summed E-state index contributed by atoms with van der Waals surface area (Å²) in [6, 6.07) is 5.03. The first-order valence-electron chi connectivity index (χ1n) is 4.14. The molecule has 4 heteroatoms. The lowest BCUT2D eigenvalue weighted by molar-refractivity contribution is 0.101. The van der Waals surface area contributed by atoms with E-state index in [0.717, 1.165) is 5.33 Å². The van der Waals surface area contributed by atoms with Crippen LogP contribution in [-0.4, -0.2) is 17.7 Å². The van der Waals surface area contributed by atoms with Crippen LogP contribution in [0.25, 0.3) is 0 Å². The Kier molecular flexibility index (Phi) is 4.42. The zero-order valence-electron chi connectivity index (χ0n) is 7.72. The van der Waals surface area contributed by atoms with Gasteiger partial charge in [0.2, 0.25) is 0 Å². The minimum Gasteiger partial charge on any atom is -0.492 e. The van der Waals surface area contributed by atoms with Crippen molar-refractivity contribution in [2.75, 3.05) is 11.9 Å². The maximum Gasteiger partial charge on any atom is 0.163 e. The standard InChI is InChI=1S/C10H10BrClO2/c1-7(13)9-6-8(12)2-3-10(9)14-5-4-11/h2-3,6H,4-5H2,1H3. The van der Waals surface area contributed by atoms with E-state index in [1.165, 1.54) is 6.92 Å². The third-order valence-corrected chi connectivity index (χ3v) is 2.21. The zero-order chi connectivity index (χ0) is 10.6. The average Bonchev–Trinajstić information content (AvgIpc) is 2.15. The maximum absolute atomic E-state index is 11.2. The highest BCUT2D eigenvalue weighted by Gasteiger charge is 2.08. The summed E-state index contributed by atoms with van der Waals surface area (Å²) in [5, 5.41) is 1.27. The van der Waals surface area contributed by atoms with Crippen LogP contribution < -0.4 is 4.74 Å². The van der Waals surface area contributed by atoms with Crippen molar-refractivity contribution >= 4 is 33.3 Å². The fraction of sp³-hybridized carbons (Fsp3) is 0.300. The van der Waals surface area contributed by atoms with Crippen LogP contribution in [0.2, 0.25) is 5.02 Å². The van der Waals surface area contributed by atoms with Crippen molar-refractivity contribution in [1.82, 2.24) is 0 Å². The quantitative estimate of drug-likeness (QED) is 0.623. The molecule has 0 saturated heterocycles. The van der Waals surface area contributed by atoms with Crippen molar-refractivity contribution in [2.24, 2.45) is 0 Å². The molecule has 0 aliphatic carbocycles. The van der Waals surface area contributed by atoms with Crippen LogP contribution in [0.3, 0.4) is 0 Å². The third kappa shape index (κ3) is 3.00. The van der Waals surface area contributed by atoms with Gasteiger partial charge in [-0.05, 0) is 25.1 Å². The van der Waals surface area contributed by atoms with Gasteiger partial charge >= 0.3 is 0 Å². The highest BCUT2D eigenvalue weighted by atomic mass is 79.9. The SMILES string of the molecule is CC(=O)c1cc(Cl)ccc1OCCBr. The van der Waals surface area contributed by atoms with Crippen LogP contribution in [0.1, 0.15) is 17.3 Å². The fourth-order valence-electron chi connectivity index (χ4n) is 1.05. The Morgan fingerprint density at radius 2 is 2.29 bits per heavy atom. The van der Waals surface area contributed by atoms with Crippen LogP contribution in [0.5, 0.6) is 5.75 Å². The zero-order valence-corrected chi connectivity index (χ0v) is 10.1. The van der Waals surface area contributed by atoms with Gasteiger partial charge in [-0.15, -0.1) is 0 Å². The number of carbonyl (C=O) groups is 1. The summed E-state index contributed by atoms with van der Waals surface area (Å²) in [5.74, 6) is 0.540. The van der Waals surface area contributed by atoms with E-state index < -0.39 is 0 Å². The van der Waals surface area contributed by atoms with E-state index >= 15 is 0 Å². The minimum absolute atomic E-state index is 0.0444. The summed E-state index contributed by atoms with van der Waals surface area (Å²) in [4.78, 5) is 11.2. The molecule has 0 fully saturated rings. The molecular weight excluding hydrogens is 267 g/mol. The number of carbonyl (C=O) groups excluding carboxylic acids is 1. The Balaban J connectivity index is 2.96. The van der Waals surface area contributed by atoms with Gasteiger partial charge in [-0.25, -0.2) is 0 Å². The summed E-state index contributed by atoms with van der Waals surface area (Å²) < 4.78 is 5.38. The lowest BCUT2D eigenvalue weighted by Crippen LogP contribution is -2.03. The van der Waals surface area contributed by atoms with Crippen LogP contribution >= 0.6 is 27.5 Å². The molecule has 0 aliphatic heterocycles. The van der Waals surface area contributed by atoms with E-state index in [0.29, 0.717) is 22.9 Å². The Hall–Kier alpha value is -0.540. The molecule has 1 aromatic carbocycles. The van der Waals surface area contributed by atoms with E-state index in [4.69, 9.17) is 16.3 Å².